The number of carboxylic acids is 1. The fraction of sp³-hybridized carbons (Fsp3) is 0.600. The van der Waals surface area contributed by atoms with Crippen molar-refractivity contribution in [1.82, 2.24) is 10.2 Å². The maximum atomic E-state index is 12.1. The molecule has 1 aromatic carbocycles. The second-order valence-electron chi connectivity index (χ2n) is 7.32. The lowest BCUT2D eigenvalue weighted by Crippen LogP contribution is -2.40. The van der Waals surface area contributed by atoms with Crippen molar-refractivity contribution in [3.05, 3.63) is 24.3 Å². The number of rotatable bonds is 9. The largest absolute Gasteiger partial charge is 0.494 e. The van der Waals surface area contributed by atoms with E-state index in [4.69, 9.17) is 9.47 Å². The summed E-state index contributed by atoms with van der Waals surface area (Å²) < 4.78 is 11.0. The van der Waals surface area contributed by atoms with E-state index < -0.39 is 11.4 Å². The van der Waals surface area contributed by atoms with Crippen LogP contribution in [0.3, 0.4) is 0 Å². The van der Waals surface area contributed by atoms with Crippen LogP contribution in [-0.4, -0.2) is 61.3 Å². The highest BCUT2D eigenvalue weighted by Crippen LogP contribution is 2.48. The van der Waals surface area contributed by atoms with Gasteiger partial charge in [-0.1, -0.05) is 6.42 Å². The number of nitrogens with one attached hydrogen (secondary N) is 1. The van der Waals surface area contributed by atoms with Crippen molar-refractivity contribution in [3.8, 4) is 11.5 Å². The van der Waals surface area contributed by atoms with E-state index in [0.717, 1.165) is 30.8 Å². The van der Waals surface area contributed by atoms with Crippen molar-refractivity contribution in [1.29, 1.82) is 0 Å². The highest BCUT2D eigenvalue weighted by Gasteiger charge is 2.54. The third kappa shape index (κ3) is 4.53. The molecule has 1 aliphatic carbocycles. The Balaban J connectivity index is 1.36. The SMILES string of the molecule is CCOc1ccc(OCCNC(=O)CN2C[C@@H]3CCC[C@@]3(C(=O)O)C2)cc1. The van der Waals surface area contributed by atoms with Gasteiger partial charge in [0.15, 0.2) is 0 Å². The summed E-state index contributed by atoms with van der Waals surface area (Å²) in [5, 5.41) is 12.4. The Bertz CT molecular complexity index is 663. The van der Waals surface area contributed by atoms with Crippen LogP contribution in [-0.2, 0) is 9.59 Å². The van der Waals surface area contributed by atoms with Crippen molar-refractivity contribution in [3.63, 3.8) is 0 Å². The van der Waals surface area contributed by atoms with Crippen LogP contribution < -0.4 is 14.8 Å². The Hall–Kier alpha value is -2.28. The molecule has 0 bridgehead atoms. The molecule has 1 amide bonds. The average molecular weight is 376 g/mol. The number of nitrogens with zero attached hydrogens (tertiary/aromatic N) is 1. The standard InChI is InChI=1S/C20H28N2O5/c1-2-26-16-5-7-17(8-6-16)27-11-10-21-18(23)13-22-12-15-4-3-9-20(15,14-22)19(24)25/h5-8,15H,2-4,9-14H2,1H3,(H,21,23)(H,24,25)/t15-,20+/m0/s1. The number of carbonyl (C=O) groups is 2. The maximum absolute atomic E-state index is 12.1. The van der Waals surface area contributed by atoms with Gasteiger partial charge in [-0.3, -0.25) is 14.5 Å². The number of carbonyl (C=O) groups excluding carboxylic acids is 1. The highest BCUT2D eigenvalue weighted by molar-refractivity contribution is 5.79. The number of aliphatic carboxylic acids is 1. The molecular weight excluding hydrogens is 348 g/mol. The molecule has 0 spiro atoms. The first-order valence-electron chi connectivity index (χ1n) is 9.61. The van der Waals surface area contributed by atoms with Gasteiger partial charge < -0.3 is 19.9 Å². The molecule has 0 unspecified atom stereocenters. The summed E-state index contributed by atoms with van der Waals surface area (Å²) in [4.78, 5) is 25.8. The van der Waals surface area contributed by atoms with Gasteiger partial charge >= 0.3 is 5.97 Å². The molecular formula is C20H28N2O5. The van der Waals surface area contributed by atoms with Crippen LogP contribution >= 0.6 is 0 Å². The van der Waals surface area contributed by atoms with Gasteiger partial charge in [0.2, 0.25) is 5.91 Å². The van der Waals surface area contributed by atoms with Crippen molar-refractivity contribution in [2.75, 3.05) is 39.4 Å². The van der Waals surface area contributed by atoms with Crippen molar-refractivity contribution >= 4 is 11.9 Å². The minimum atomic E-state index is -0.711. The second kappa shape index (κ2) is 8.61. The number of carboxylic acid groups (broad SMARTS) is 1. The summed E-state index contributed by atoms with van der Waals surface area (Å²) in [6.45, 7) is 4.76. The van der Waals surface area contributed by atoms with E-state index in [1.165, 1.54) is 0 Å². The fourth-order valence-electron chi connectivity index (χ4n) is 4.28. The molecule has 1 saturated carbocycles. The van der Waals surface area contributed by atoms with E-state index in [9.17, 15) is 14.7 Å². The summed E-state index contributed by atoms with van der Waals surface area (Å²) in [5.41, 5.74) is -0.642. The number of hydrogen-bond donors (Lipinski definition) is 2. The first-order valence-corrected chi connectivity index (χ1v) is 9.61. The van der Waals surface area contributed by atoms with Crippen LogP contribution in [0.1, 0.15) is 26.2 Å². The first-order chi connectivity index (χ1) is 13.0. The number of benzene rings is 1. The molecule has 2 atom stereocenters. The van der Waals surface area contributed by atoms with Gasteiger partial charge in [-0.15, -0.1) is 0 Å². The molecule has 0 radical (unpaired) electrons. The summed E-state index contributed by atoms with van der Waals surface area (Å²) in [6, 6.07) is 7.36. The van der Waals surface area contributed by atoms with Gasteiger partial charge in [-0.25, -0.2) is 0 Å². The maximum Gasteiger partial charge on any atom is 0.311 e. The molecule has 1 heterocycles. The highest BCUT2D eigenvalue weighted by atomic mass is 16.5. The van der Waals surface area contributed by atoms with E-state index >= 15 is 0 Å². The van der Waals surface area contributed by atoms with Gasteiger partial charge in [-0.2, -0.15) is 0 Å². The molecule has 27 heavy (non-hydrogen) atoms. The number of fused-ring (bicyclic) bond motifs is 1. The van der Waals surface area contributed by atoms with Crippen molar-refractivity contribution in [2.24, 2.45) is 11.3 Å². The second-order valence-corrected chi connectivity index (χ2v) is 7.32. The number of likely N-dealkylation sites (tertiary alicyclic amines) is 1. The molecule has 2 fully saturated rings. The molecule has 3 rings (SSSR count). The third-order valence-corrected chi connectivity index (χ3v) is 5.56. The Morgan fingerprint density at radius 1 is 1.26 bits per heavy atom. The summed E-state index contributed by atoms with van der Waals surface area (Å²) in [7, 11) is 0. The molecule has 1 saturated heterocycles. The molecule has 1 aromatic rings. The van der Waals surface area contributed by atoms with Crippen LogP contribution in [0.2, 0.25) is 0 Å². The van der Waals surface area contributed by atoms with Gasteiger partial charge in [0.25, 0.3) is 0 Å². The van der Waals surface area contributed by atoms with E-state index in [2.05, 4.69) is 5.32 Å². The lowest BCUT2D eigenvalue weighted by Gasteiger charge is -2.23. The van der Waals surface area contributed by atoms with Crippen molar-refractivity contribution < 1.29 is 24.2 Å². The predicted octanol–water partition coefficient (Wildman–Crippen LogP) is 1.77. The zero-order valence-corrected chi connectivity index (χ0v) is 15.8. The van der Waals surface area contributed by atoms with Crippen molar-refractivity contribution in [2.45, 2.75) is 26.2 Å². The summed E-state index contributed by atoms with van der Waals surface area (Å²) in [6.07, 6.45) is 2.64. The topological polar surface area (TPSA) is 88.1 Å². The van der Waals surface area contributed by atoms with E-state index in [1.807, 2.05) is 36.1 Å². The quantitative estimate of drug-likeness (QED) is 0.639. The molecule has 2 N–H and O–H groups in total. The fourth-order valence-corrected chi connectivity index (χ4v) is 4.28. The smallest absolute Gasteiger partial charge is 0.311 e. The van der Waals surface area contributed by atoms with E-state index in [0.29, 0.717) is 32.8 Å². The van der Waals surface area contributed by atoms with Gasteiger partial charge in [0.05, 0.1) is 25.1 Å². The zero-order chi connectivity index (χ0) is 19.3. The molecule has 148 valence electrons. The molecule has 7 heteroatoms. The van der Waals surface area contributed by atoms with Crippen LogP contribution in [0, 0.1) is 11.3 Å². The average Bonchev–Trinajstić information content (AvgIpc) is 3.18. The van der Waals surface area contributed by atoms with Gasteiger partial charge in [-0.05, 0) is 49.9 Å². The Morgan fingerprint density at radius 3 is 2.59 bits per heavy atom. The molecule has 0 aromatic heterocycles. The number of ether oxygens (including phenoxy) is 2. The third-order valence-electron chi connectivity index (χ3n) is 5.56. The Kier molecular flexibility index (Phi) is 6.21. The minimum Gasteiger partial charge on any atom is -0.494 e. The van der Waals surface area contributed by atoms with Gasteiger partial charge in [0.1, 0.15) is 18.1 Å². The predicted molar refractivity (Wildman–Crippen MR) is 100.0 cm³/mol. The molecule has 7 nitrogen and oxygen atoms in total. The van der Waals surface area contributed by atoms with Crippen LogP contribution in [0.25, 0.3) is 0 Å². The monoisotopic (exact) mass is 376 g/mol. The summed E-state index contributed by atoms with van der Waals surface area (Å²) >= 11 is 0. The van der Waals surface area contributed by atoms with Crippen LogP contribution in [0.4, 0.5) is 0 Å². The molecule has 2 aliphatic rings. The number of amides is 1. The van der Waals surface area contributed by atoms with Crippen LogP contribution in [0.5, 0.6) is 11.5 Å². The Labute approximate surface area is 159 Å². The summed E-state index contributed by atoms with van der Waals surface area (Å²) in [5.74, 6) is 0.893. The Morgan fingerprint density at radius 2 is 1.96 bits per heavy atom. The number of hydrogen-bond acceptors (Lipinski definition) is 5. The van der Waals surface area contributed by atoms with E-state index in [-0.39, 0.29) is 18.4 Å². The minimum absolute atomic E-state index is 0.0918. The normalized spacial score (nSPS) is 24.4. The zero-order valence-electron chi connectivity index (χ0n) is 15.8. The van der Waals surface area contributed by atoms with E-state index in [1.54, 1.807) is 0 Å². The molecule has 1 aliphatic heterocycles. The lowest BCUT2D eigenvalue weighted by molar-refractivity contribution is -0.149. The van der Waals surface area contributed by atoms with Crippen LogP contribution in [0.15, 0.2) is 24.3 Å². The van der Waals surface area contributed by atoms with Gasteiger partial charge in [0, 0.05) is 13.1 Å². The lowest BCUT2D eigenvalue weighted by atomic mass is 9.81. The first kappa shape index (κ1) is 19.5.